The number of aldehydes is 1. The fourth-order valence-electron chi connectivity index (χ4n) is 7.50. The number of nitrogens with one attached hydrogen (secondary N) is 1. The van der Waals surface area contributed by atoms with E-state index in [9.17, 15) is 28.5 Å². The second-order valence-corrected chi connectivity index (χ2v) is 19.7. The molecule has 19 heteroatoms. The third kappa shape index (κ3) is 40.7. The average molecular weight is 1240 g/mol. The van der Waals surface area contributed by atoms with Crippen molar-refractivity contribution in [2.45, 2.75) is 141 Å². The molecule has 0 amide bonds. The number of nitrogens with zero attached hydrogens (tertiary/aromatic N) is 1. The number of hydrogen-bond acceptors (Lipinski definition) is 16. The molecule has 1 aromatic heterocycles. The third-order valence-electron chi connectivity index (χ3n) is 11.5. The Morgan fingerprint density at radius 1 is 0.644 bits per heavy atom. The number of methoxy groups -OCH3 is 1. The quantitative estimate of drug-likeness (QED) is 0.00937. The Bertz CT molecular complexity index is 2600. The Morgan fingerprint density at radius 3 is 1.61 bits per heavy atom. The summed E-state index contributed by atoms with van der Waals surface area (Å²) in [6, 6.07) is 35.9. The van der Waals surface area contributed by atoms with Crippen molar-refractivity contribution in [2.24, 2.45) is 11.8 Å². The monoisotopic (exact) mass is 1240 g/mol. The number of esters is 3. The second kappa shape index (κ2) is 53.9. The van der Waals surface area contributed by atoms with Crippen LogP contribution in [0.25, 0.3) is 6.08 Å². The number of phenols is 1. The zero-order valence-electron chi connectivity index (χ0n) is 55.9. The largest absolute Gasteiger partial charge is 1.00 e. The normalized spacial score (nSPS) is 14.2. The van der Waals surface area contributed by atoms with Gasteiger partial charge in [0, 0.05) is 37.2 Å². The molecule has 7 rings (SSSR count). The molecule has 0 radical (unpaired) electrons. The number of aromatic hydroxyl groups is 1. The molecular weight excluding hydrogens is 1140 g/mol. The van der Waals surface area contributed by atoms with E-state index >= 15 is 0 Å². The minimum absolute atomic E-state index is 0. The van der Waals surface area contributed by atoms with Gasteiger partial charge in [0.2, 0.25) is 0 Å². The molecule has 5 aromatic rings. The minimum Gasteiger partial charge on any atom is -1.00 e. The van der Waals surface area contributed by atoms with Crippen molar-refractivity contribution in [3.05, 3.63) is 155 Å². The number of anilines is 1. The van der Waals surface area contributed by atoms with Crippen molar-refractivity contribution in [1.29, 1.82) is 0 Å². The molecule has 4 aromatic carbocycles. The zero-order chi connectivity index (χ0) is 65.1. The van der Waals surface area contributed by atoms with Gasteiger partial charge in [-0.3, -0.25) is 23.7 Å². The summed E-state index contributed by atoms with van der Waals surface area (Å²) in [4.78, 5) is 58.4. The summed E-state index contributed by atoms with van der Waals surface area (Å²) < 4.78 is 46.7. The fraction of sp³-hybridized carbons (Fsp3) is 0.471. The number of phenolic OH excluding ortho intramolecular Hbond substituents is 1. The van der Waals surface area contributed by atoms with Crippen molar-refractivity contribution in [3.8, 4) is 17.2 Å². The van der Waals surface area contributed by atoms with Gasteiger partial charge in [-0.1, -0.05) is 128 Å². The van der Waals surface area contributed by atoms with Gasteiger partial charge in [-0.25, -0.2) is 9.78 Å². The van der Waals surface area contributed by atoms with Gasteiger partial charge in [-0.2, -0.15) is 0 Å². The number of hydrogen-bond donors (Lipinski definition) is 3. The number of aromatic nitrogens is 1. The summed E-state index contributed by atoms with van der Waals surface area (Å²) in [7, 11) is -1.67. The first-order valence-electron chi connectivity index (χ1n) is 30.2. The SMILES string of the molecule is CC.CC.CC.CC.CCOC(=O)/C=C/c1ccc(OC)cc1.CCOC(=O)CC1CC1c1ccc(O)cc1.CCOC(=O)CP(=O)(OCC)OCC.Cc1ccc(C=O)cc1.O=C(O)CC1CC1c1ccc(OCCCNc2ccccn2)cc1.[H-].[Na+]. The standard InChI is InChI=1S/C19H22N2O3.C13H16O3.C12H14O3.C8H17O5P.C8H8O.4C2H6.Na.H/c22-19(23)13-15-12-17(15)14-5-7-16(8-6-14)24-11-3-10-21-18-4-1-2-9-20-18;1-2-16-13(15)8-10-7-12(10)9-3-5-11(14)6-4-9;1-3-15-12(13)9-6-10-4-7-11(14-2)8-5-10;1-4-11-8(9)7-14(10,12-5-2)13-6-3;1-7-2-4-8(6-9)5-3-7;4*1-2;;/h1-2,4-9,15,17H,3,10-13H2,(H,20,21)(H,22,23);3-6,10,12,14H,2,7-8H2,1H3;4-9H,3H2,1-2H3;4-7H2,1-3H3;2-6H,1H3;4*1-2H3;;/q;;;;;;;;;+1;-1/b;;9-6+;;;;;;;;. The molecule has 2 fully saturated rings. The summed E-state index contributed by atoms with van der Waals surface area (Å²) >= 11 is 0. The van der Waals surface area contributed by atoms with Crippen molar-refractivity contribution in [1.82, 2.24) is 4.98 Å². The van der Waals surface area contributed by atoms with Crippen LogP contribution in [0.5, 0.6) is 17.2 Å². The molecule has 4 atom stereocenters. The van der Waals surface area contributed by atoms with E-state index in [-0.39, 0.29) is 81.1 Å². The number of carbonyl (C=O) groups is 5. The van der Waals surface area contributed by atoms with Crippen LogP contribution in [0.2, 0.25) is 0 Å². The Labute approximate surface area is 544 Å². The molecule has 2 aliphatic carbocycles. The summed E-state index contributed by atoms with van der Waals surface area (Å²) in [5, 5.41) is 21.2. The molecule has 87 heavy (non-hydrogen) atoms. The Kier molecular flexibility index (Phi) is 52.6. The van der Waals surface area contributed by atoms with Crippen molar-refractivity contribution >= 4 is 49.7 Å². The predicted octanol–water partition coefficient (Wildman–Crippen LogP) is 13.1. The second-order valence-electron chi connectivity index (χ2n) is 17.6. The van der Waals surface area contributed by atoms with E-state index in [0.29, 0.717) is 49.9 Å². The van der Waals surface area contributed by atoms with Crippen LogP contribution in [-0.2, 0) is 47.0 Å². The van der Waals surface area contributed by atoms with E-state index in [1.807, 2.05) is 172 Å². The molecule has 0 spiro atoms. The molecule has 4 unspecified atom stereocenters. The maximum Gasteiger partial charge on any atom is 1.00 e. The summed E-state index contributed by atoms with van der Waals surface area (Å²) in [6.07, 6.45) is 9.11. The van der Waals surface area contributed by atoms with Crippen LogP contribution in [0.1, 0.15) is 168 Å². The molecular formula is C68H102N2NaO15P. The number of aryl methyl sites for hydroxylation is 1. The molecule has 0 aliphatic heterocycles. The van der Waals surface area contributed by atoms with Crippen LogP contribution in [0, 0.1) is 18.8 Å². The third-order valence-corrected chi connectivity index (χ3v) is 13.5. The van der Waals surface area contributed by atoms with Crippen LogP contribution >= 0.6 is 7.60 Å². The smallest absolute Gasteiger partial charge is 1.00 e. The Morgan fingerprint density at radius 2 is 1.14 bits per heavy atom. The van der Waals surface area contributed by atoms with Crippen LogP contribution in [0.15, 0.2) is 128 Å². The summed E-state index contributed by atoms with van der Waals surface area (Å²) in [6.45, 7) is 29.7. The van der Waals surface area contributed by atoms with E-state index in [1.54, 1.807) is 59.2 Å². The van der Waals surface area contributed by atoms with E-state index in [4.69, 9.17) is 38.2 Å². The number of benzene rings is 4. The number of ether oxygens (including phenoxy) is 5. The van der Waals surface area contributed by atoms with E-state index < -0.39 is 19.5 Å². The first-order valence-corrected chi connectivity index (χ1v) is 31.9. The number of carboxylic acids is 1. The van der Waals surface area contributed by atoms with Crippen LogP contribution in [-0.4, -0.2) is 105 Å². The molecule has 2 saturated carbocycles. The van der Waals surface area contributed by atoms with Crippen molar-refractivity contribution < 1.29 is 102 Å². The predicted molar refractivity (Wildman–Crippen MR) is 347 cm³/mol. The molecule has 0 bridgehead atoms. The summed E-state index contributed by atoms with van der Waals surface area (Å²) in [5.41, 5.74) is 5.27. The number of carboxylic acid groups (broad SMARTS) is 1. The van der Waals surface area contributed by atoms with Crippen LogP contribution < -0.4 is 44.3 Å². The molecule has 0 saturated heterocycles. The Hall–Kier alpha value is -6.33. The van der Waals surface area contributed by atoms with Crippen LogP contribution in [0.3, 0.4) is 0 Å². The van der Waals surface area contributed by atoms with Gasteiger partial charge in [-0.15, -0.1) is 0 Å². The molecule has 3 N–H and O–H groups in total. The number of carbonyl (C=O) groups excluding carboxylic acids is 4. The van der Waals surface area contributed by atoms with E-state index in [1.165, 1.54) is 22.8 Å². The molecule has 17 nitrogen and oxygen atoms in total. The van der Waals surface area contributed by atoms with Crippen LogP contribution in [0.4, 0.5) is 5.82 Å². The fourth-order valence-corrected chi connectivity index (χ4v) is 8.95. The number of pyridine rings is 1. The first-order chi connectivity index (χ1) is 41.6. The number of rotatable bonds is 25. The van der Waals surface area contributed by atoms with Crippen molar-refractivity contribution in [2.75, 3.05) is 64.8 Å². The van der Waals surface area contributed by atoms with Gasteiger partial charge >= 0.3 is 61.0 Å². The molecule has 480 valence electrons. The minimum atomic E-state index is -3.28. The molecule has 2 aliphatic rings. The zero-order valence-corrected chi connectivity index (χ0v) is 57.8. The van der Waals surface area contributed by atoms with Crippen molar-refractivity contribution in [3.63, 3.8) is 0 Å². The number of aliphatic carboxylic acids is 1. The molecule has 1 heterocycles. The van der Waals surface area contributed by atoms with Gasteiger partial charge in [-0.05, 0) is 156 Å². The maximum atomic E-state index is 11.8. The maximum absolute atomic E-state index is 11.8. The van der Waals surface area contributed by atoms with Gasteiger partial charge in [0.1, 0.15) is 35.5 Å². The van der Waals surface area contributed by atoms with Gasteiger partial charge in [0.25, 0.3) is 0 Å². The summed E-state index contributed by atoms with van der Waals surface area (Å²) in [5.74, 6) is 2.70. The van der Waals surface area contributed by atoms with Gasteiger partial charge < -0.3 is 49.7 Å². The average Bonchev–Trinajstić information content (AvgIpc) is 2.52. The first kappa shape index (κ1) is 84.9. The van der Waals surface area contributed by atoms with Gasteiger partial charge in [0.05, 0.1) is 46.8 Å². The van der Waals surface area contributed by atoms with E-state index in [2.05, 4.69) is 15.0 Å². The van der Waals surface area contributed by atoms with Gasteiger partial charge in [0.15, 0.2) is 0 Å². The Balaban J connectivity index is -0.000000497. The topological polar surface area (TPSA) is 232 Å². The van der Waals surface area contributed by atoms with E-state index in [0.717, 1.165) is 60.5 Å².